The fourth-order valence-electron chi connectivity index (χ4n) is 2.77. The lowest BCUT2D eigenvalue weighted by molar-refractivity contribution is 0.0571. The zero-order valence-electron chi connectivity index (χ0n) is 13.0. The Labute approximate surface area is 126 Å². The molecule has 5 heteroatoms. The van der Waals surface area contributed by atoms with E-state index in [0.717, 1.165) is 56.8 Å². The molecule has 1 N–H and O–H groups in total. The Morgan fingerprint density at radius 3 is 3.19 bits per heavy atom. The number of nitrogens with zero attached hydrogens (tertiary/aromatic N) is 2. The van der Waals surface area contributed by atoms with Crippen LogP contribution in [0.3, 0.4) is 0 Å². The van der Waals surface area contributed by atoms with Crippen LogP contribution in [0, 0.1) is 5.92 Å². The summed E-state index contributed by atoms with van der Waals surface area (Å²) in [4.78, 5) is 18.8. The van der Waals surface area contributed by atoms with E-state index in [1.165, 1.54) is 0 Å². The van der Waals surface area contributed by atoms with Crippen molar-refractivity contribution in [2.75, 3.05) is 38.7 Å². The van der Waals surface area contributed by atoms with E-state index in [0.29, 0.717) is 5.92 Å². The number of carbonyl (C=O) groups excluding carboxylic acids is 1. The lowest BCUT2D eigenvalue weighted by Crippen LogP contribution is -2.41. The number of methoxy groups -OCH3 is 1. The number of amides is 1. The summed E-state index contributed by atoms with van der Waals surface area (Å²) in [5.74, 6) is 0.540. The Balaban J connectivity index is 2.08. The minimum atomic E-state index is 0.0943. The molecule has 1 aliphatic heterocycles. The first kappa shape index (κ1) is 15.8. The third kappa shape index (κ3) is 4.17. The van der Waals surface area contributed by atoms with Gasteiger partial charge < -0.3 is 15.0 Å². The molecule has 1 amide bonds. The summed E-state index contributed by atoms with van der Waals surface area (Å²) in [7, 11) is 1.72. The first-order chi connectivity index (χ1) is 10.3. The highest BCUT2D eigenvalue weighted by atomic mass is 16.5. The van der Waals surface area contributed by atoms with Gasteiger partial charge in [-0.25, -0.2) is 0 Å². The Morgan fingerprint density at radius 1 is 1.57 bits per heavy atom. The van der Waals surface area contributed by atoms with Crippen LogP contribution in [0.5, 0.6) is 0 Å². The van der Waals surface area contributed by atoms with Crippen molar-refractivity contribution in [1.82, 2.24) is 9.88 Å². The number of piperidine rings is 1. The minimum absolute atomic E-state index is 0.0943. The van der Waals surface area contributed by atoms with E-state index >= 15 is 0 Å². The number of hydrogen-bond acceptors (Lipinski definition) is 4. The number of nitrogens with one attached hydrogen (secondary N) is 1. The highest BCUT2D eigenvalue weighted by Crippen LogP contribution is 2.22. The molecule has 1 unspecified atom stereocenters. The molecule has 1 saturated heterocycles. The molecule has 0 aliphatic carbocycles. The molecule has 0 bridgehead atoms. The van der Waals surface area contributed by atoms with E-state index in [-0.39, 0.29) is 5.91 Å². The van der Waals surface area contributed by atoms with Gasteiger partial charge in [-0.2, -0.15) is 0 Å². The van der Waals surface area contributed by atoms with Gasteiger partial charge in [0.25, 0.3) is 5.91 Å². The normalized spacial score (nSPS) is 18.6. The molecule has 1 fully saturated rings. The van der Waals surface area contributed by atoms with Gasteiger partial charge in [0.1, 0.15) is 0 Å². The van der Waals surface area contributed by atoms with Crippen molar-refractivity contribution in [2.24, 2.45) is 5.92 Å². The van der Waals surface area contributed by atoms with E-state index in [9.17, 15) is 4.79 Å². The van der Waals surface area contributed by atoms with Crippen LogP contribution < -0.4 is 5.32 Å². The van der Waals surface area contributed by atoms with E-state index in [4.69, 9.17) is 4.74 Å². The SMILES string of the molecule is CCCNc1cnccc1C(=O)N1CCCC(COC)C1. The standard InChI is InChI=1S/C16H25N3O2/c1-3-7-18-15-10-17-8-6-14(15)16(20)19-9-4-5-13(11-19)12-21-2/h6,8,10,13,18H,3-5,7,9,11-12H2,1-2H3. The molecule has 1 aliphatic rings. The van der Waals surface area contributed by atoms with Gasteiger partial charge in [0, 0.05) is 32.9 Å². The average Bonchev–Trinajstić information content (AvgIpc) is 2.53. The van der Waals surface area contributed by atoms with Crippen LogP contribution in [0.25, 0.3) is 0 Å². The number of carbonyl (C=O) groups is 1. The van der Waals surface area contributed by atoms with Gasteiger partial charge in [0.05, 0.1) is 24.1 Å². The van der Waals surface area contributed by atoms with Crippen LogP contribution in [-0.4, -0.2) is 49.1 Å². The molecule has 1 aromatic rings. The number of ether oxygens (including phenoxy) is 1. The zero-order valence-corrected chi connectivity index (χ0v) is 13.0. The molecule has 2 rings (SSSR count). The fraction of sp³-hybridized carbons (Fsp3) is 0.625. The van der Waals surface area contributed by atoms with E-state index in [2.05, 4.69) is 17.2 Å². The second kappa shape index (κ2) is 7.98. The number of likely N-dealkylation sites (tertiary alicyclic amines) is 1. The van der Waals surface area contributed by atoms with Crippen LogP contribution in [0.4, 0.5) is 5.69 Å². The largest absolute Gasteiger partial charge is 0.384 e. The molecule has 1 aromatic heterocycles. The lowest BCUT2D eigenvalue weighted by Gasteiger charge is -2.32. The van der Waals surface area contributed by atoms with Crippen molar-refractivity contribution in [3.8, 4) is 0 Å². The van der Waals surface area contributed by atoms with Crippen molar-refractivity contribution >= 4 is 11.6 Å². The number of hydrogen-bond donors (Lipinski definition) is 1. The number of aromatic nitrogens is 1. The number of rotatable bonds is 6. The molecule has 1 atom stereocenters. The van der Waals surface area contributed by atoms with E-state index < -0.39 is 0 Å². The zero-order chi connectivity index (χ0) is 15.1. The van der Waals surface area contributed by atoms with Crippen molar-refractivity contribution in [1.29, 1.82) is 0 Å². The van der Waals surface area contributed by atoms with Gasteiger partial charge >= 0.3 is 0 Å². The average molecular weight is 291 g/mol. The molecule has 0 saturated carbocycles. The predicted octanol–water partition coefficient (Wildman–Crippen LogP) is 2.40. The highest BCUT2D eigenvalue weighted by molar-refractivity contribution is 5.99. The quantitative estimate of drug-likeness (QED) is 0.874. The summed E-state index contributed by atoms with van der Waals surface area (Å²) in [5.41, 5.74) is 1.55. The predicted molar refractivity (Wildman–Crippen MR) is 83.5 cm³/mol. The van der Waals surface area contributed by atoms with E-state index in [1.807, 2.05) is 4.90 Å². The maximum Gasteiger partial charge on any atom is 0.256 e. The van der Waals surface area contributed by atoms with Crippen molar-refractivity contribution in [2.45, 2.75) is 26.2 Å². The summed E-state index contributed by atoms with van der Waals surface area (Å²) < 4.78 is 5.23. The first-order valence-corrected chi connectivity index (χ1v) is 7.72. The molecular weight excluding hydrogens is 266 g/mol. The monoisotopic (exact) mass is 291 g/mol. The van der Waals surface area contributed by atoms with Crippen molar-refractivity contribution < 1.29 is 9.53 Å². The topological polar surface area (TPSA) is 54.5 Å². The third-order valence-corrected chi connectivity index (χ3v) is 3.83. The molecule has 116 valence electrons. The van der Waals surface area contributed by atoms with Gasteiger partial charge in [-0.3, -0.25) is 9.78 Å². The highest BCUT2D eigenvalue weighted by Gasteiger charge is 2.25. The smallest absolute Gasteiger partial charge is 0.256 e. The van der Waals surface area contributed by atoms with Gasteiger partial charge in [0.2, 0.25) is 0 Å². The number of anilines is 1. The summed E-state index contributed by atoms with van der Waals surface area (Å²) in [5, 5.41) is 3.28. The maximum absolute atomic E-state index is 12.8. The van der Waals surface area contributed by atoms with Crippen LogP contribution in [0.1, 0.15) is 36.5 Å². The Bertz CT molecular complexity index is 463. The first-order valence-electron chi connectivity index (χ1n) is 7.72. The molecule has 0 spiro atoms. The van der Waals surface area contributed by atoms with Gasteiger partial charge in [0.15, 0.2) is 0 Å². The van der Waals surface area contributed by atoms with E-state index in [1.54, 1.807) is 25.6 Å². The molecule has 0 aromatic carbocycles. The van der Waals surface area contributed by atoms with Gasteiger partial charge in [-0.1, -0.05) is 6.92 Å². The minimum Gasteiger partial charge on any atom is -0.384 e. The molecule has 5 nitrogen and oxygen atoms in total. The molecular formula is C16H25N3O2. The molecule has 0 radical (unpaired) electrons. The lowest BCUT2D eigenvalue weighted by atomic mass is 9.98. The van der Waals surface area contributed by atoms with Crippen molar-refractivity contribution in [3.63, 3.8) is 0 Å². The van der Waals surface area contributed by atoms with Crippen LogP contribution in [0.2, 0.25) is 0 Å². The van der Waals surface area contributed by atoms with Gasteiger partial charge in [-0.05, 0) is 31.2 Å². The van der Waals surface area contributed by atoms with Gasteiger partial charge in [-0.15, -0.1) is 0 Å². The van der Waals surface area contributed by atoms with Crippen LogP contribution >= 0.6 is 0 Å². The summed E-state index contributed by atoms with van der Waals surface area (Å²) >= 11 is 0. The number of pyridine rings is 1. The fourth-order valence-corrected chi connectivity index (χ4v) is 2.77. The molecule has 21 heavy (non-hydrogen) atoms. The van der Waals surface area contributed by atoms with Crippen LogP contribution in [0.15, 0.2) is 18.5 Å². The van der Waals surface area contributed by atoms with Crippen LogP contribution in [-0.2, 0) is 4.74 Å². The summed E-state index contributed by atoms with van der Waals surface area (Å²) in [6.45, 7) is 5.28. The van der Waals surface area contributed by atoms with Crippen molar-refractivity contribution in [3.05, 3.63) is 24.0 Å². The Morgan fingerprint density at radius 2 is 2.43 bits per heavy atom. The summed E-state index contributed by atoms with van der Waals surface area (Å²) in [6.07, 6.45) is 6.61. The third-order valence-electron chi connectivity index (χ3n) is 3.83. The maximum atomic E-state index is 12.8. The second-order valence-corrected chi connectivity index (χ2v) is 5.56. The second-order valence-electron chi connectivity index (χ2n) is 5.56. The summed E-state index contributed by atoms with van der Waals surface area (Å²) in [6, 6.07) is 1.81. The Kier molecular flexibility index (Phi) is 5.99. The Hall–Kier alpha value is -1.62. The molecule has 2 heterocycles.